The lowest BCUT2D eigenvalue weighted by atomic mass is 10.1. The molecule has 0 fully saturated rings. The van der Waals surface area contributed by atoms with Gasteiger partial charge in [-0.2, -0.15) is 0 Å². The van der Waals surface area contributed by atoms with Gasteiger partial charge in [-0.1, -0.05) is 42.0 Å². The Balaban J connectivity index is 1.95. The average molecular weight is 317 g/mol. The van der Waals surface area contributed by atoms with Crippen molar-refractivity contribution in [2.24, 2.45) is 0 Å². The van der Waals surface area contributed by atoms with Crippen LogP contribution in [0.25, 0.3) is 0 Å². The molecule has 2 unspecified atom stereocenters. The largest absolute Gasteiger partial charge is 0.391 e. The summed E-state index contributed by atoms with van der Waals surface area (Å²) in [4.78, 5) is 0.259. The Kier molecular flexibility index (Phi) is 3.80. The molecule has 0 aliphatic heterocycles. The van der Waals surface area contributed by atoms with Gasteiger partial charge in [0.25, 0.3) is 0 Å². The van der Waals surface area contributed by atoms with Crippen molar-refractivity contribution in [3.8, 4) is 0 Å². The van der Waals surface area contributed by atoms with E-state index in [1.807, 2.05) is 37.3 Å². The van der Waals surface area contributed by atoms with E-state index in [0.29, 0.717) is 12.0 Å². The number of rotatable bonds is 3. The van der Waals surface area contributed by atoms with Crippen molar-refractivity contribution in [2.45, 2.75) is 37.3 Å². The van der Waals surface area contributed by atoms with Gasteiger partial charge in [-0.25, -0.2) is 13.1 Å². The highest BCUT2D eigenvalue weighted by molar-refractivity contribution is 7.89. The Bertz CT molecular complexity index is 814. The maximum atomic E-state index is 12.7. The van der Waals surface area contributed by atoms with Crippen molar-refractivity contribution in [3.63, 3.8) is 0 Å². The van der Waals surface area contributed by atoms with Crippen LogP contribution in [0.1, 0.15) is 28.3 Å². The lowest BCUT2D eigenvalue weighted by Crippen LogP contribution is -2.34. The van der Waals surface area contributed by atoms with Gasteiger partial charge in [-0.3, -0.25) is 0 Å². The standard InChI is InChI=1S/C17H19NO3S/c1-11-7-8-16(12(2)9-11)22(20,21)18-17-14-6-4-3-5-13(14)10-15(17)19/h3-9,15,17-19H,10H2,1-2H3. The van der Waals surface area contributed by atoms with E-state index in [1.165, 1.54) is 0 Å². The number of aryl methyl sites for hydroxylation is 2. The molecule has 5 heteroatoms. The lowest BCUT2D eigenvalue weighted by molar-refractivity contribution is 0.151. The third-order valence-electron chi connectivity index (χ3n) is 4.11. The van der Waals surface area contributed by atoms with Gasteiger partial charge >= 0.3 is 0 Å². The minimum atomic E-state index is -3.68. The molecule has 1 aliphatic carbocycles. The van der Waals surface area contributed by atoms with Crippen molar-refractivity contribution in [3.05, 3.63) is 64.7 Å². The molecule has 4 nitrogen and oxygen atoms in total. The maximum absolute atomic E-state index is 12.7. The van der Waals surface area contributed by atoms with Crippen LogP contribution in [-0.4, -0.2) is 19.6 Å². The summed E-state index contributed by atoms with van der Waals surface area (Å²) in [6, 6.07) is 12.2. The molecule has 2 aromatic carbocycles. The van der Waals surface area contributed by atoms with E-state index in [9.17, 15) is 13.5 Å². The van der Waals surface area contributed by atoms with E-state index in [-0.39, 0.29) is 4.90 Å². The Hall–Kier alpha value is -1.69. The Morgan fingerprint density at radius 1 is 1.14 bits per heavy atom. The van der Waals surface area contributed by atoms with E-state index in [0.717, 1.165) is 16.7 Å². The van der Waals surface area contributed by atoms with Crippen LogP contribution in [0.5, 0.6) is 0 Å². The molecule has 0 saturated heterocycles. The van der Waals surface area contributed by atoms with Gasteiger partial charge in [-0.15, -0.1) is 0 Å². The smallest absolute Gasteiger partial charge is 0.241 e. The van der Waals surface area contributed by atoms with Crippen LogP contribution in [0.2, 0.25) is 0 Å². The molecule has 2 aromatic rings. The Labute approximate surface area is 130 Å². The van der Waals surface area contributed by atoms with E-state index in [4.69, 9.17) is 0 Å². The van der Waals surface area contributed by atoms with Crippen molar-refractivity contribution < 1.29 is 13.5 Å². The number of hydrogen-bond acceptors (Lipinski definition) is 3. The van der Waals surface area contributed by atoms with Crippen molar-refractivity contribution in [1.29, 1.82) is 0 Å². The highest BCUT2D eigenvalue weighted by Crippen LogP contribution is 2.32. The average Bonchev–Trinajstić information content (AvgIpc) is 2.74. The zero-order valence-electron chi connectivity index (χ0n) is 12.6. The molecule has 0 heterocycles. The zero-order chi connectivity index (χ0) is 15.9. The van der Waals surface area contributed by atoms with Gasteiger partial charge in [-0.05, 0) is 36.6 Å². The molecular weight excluding hydrogens is 298 g/mol. The predicted octanol–water partition coefficient (Wildman–Crippen LogP) is 2.24. The first kappa shape index (κ1) is 15.2. The molecule has 0 bridgehead atoms. The number of sulfonamides is 1. The summed E-state index contributed by atoms with van der Waals surface area (Å²) in [5.41, 5.74) is 3.56. The van der Waals surface area contributed by atoms with Crippen molar-refractivity contribution >= 4 is 10.0 Å². The van der Waals surface area contributed by atoms with Crippen LogP contribution >= 0.6 is 0 Å². The topological polar surface area (TPSA) is 66.4 Å². The highest BCUT2D eigenvalue weighted by Gasteiger charge is 2.34. The first-order valence-electron chi connectivity index (χ1n) is 7.24. The second-order valence-electron chi connectivity index (χ2n) is 5.84. The second-order valence-corrected chi connectivity index (χ2v) is 7.52. The van der Waals surface area contributed by atoms with Crippen LogP contribution in [0.4, 0.5) is 0 Å². The molecule has 22 heavy (non-hydrogen) atoms. The molecule has 0 radical (unpaired) electrons. The zero-order valence-corrected chi connectivity index (χ0v) is 13.4. The molecule has 1 aliphatic rings. The highest BCUT2D eigenvalue weighted by atomic mass is 32.2. The third kappa shape index (κ3) is 2.67. The summed E-state index contributed by atoms with van der Waals surface area (Å²) in [7, 11) is -3.68. The van der Waals surface area contributed by atoms with Crippen molar-refractivity contribution in [2.75, 3.05) is 0 Å². The van der Waals surface area contributed by atoms with Gasteiger partial charge in [0.15, 0.2) is 0 Å². The monoisotopic (exact) mass is 317 g/mol. The molecule has 3 rings (SSSR count). The molecule has 2 atom stereocenters. The van der Waals surface area contributed by atoms with E-state index >= 15 is 0 Å². The van der Waals surface area contributed by atoms with Gasteiger partial charge < -0.3 is 5.11 Å². The molecule has 2 N–H and O–H groups in total. The summed E-state index contributed by atoms with van der Waals surface area (Å²) in [6.07, 6.45) is -0.270. The van der Waals surface area contributed by atoms with E-state index < -0.39 is 22.2 Å². The first-order valence-corrected chi connectivity index (χ1v) is 8.72. The molecule has 116 valence electrons. The van der Waals surface area contributed by atoms with E-state index in [1.54, 1.807) is 19.1 Å². The van der Waals surface area contributed by atoms with Crippen LogP contribution in [0.15, 0.2) is 47.4 Å². The van der Waals surface area contributed by atoms with Gasteiger partial charge in [0, 0.05) is 6.42 Å². The van der Waals surface area contributed by atoms with E-state index in [2.05, 4.69) is 4.72 Å². The van der Waals surface area contributed by atoms with Gasteiger partial charge in [0.05, 0.1) is 17.0 Å². The van der Waals surface area contributed by atoms with Crippen molar-refractivity contribution in [1.82, 2.24) is 4.72 Å². The predicted molar refractivity (Wildman–Crippen MR) is 85.1 cm³/mol. The lowest BCUT2D eigenvalue weighted by Gasteiger charge is -2.19. The Morgan fingerprint density at radius 3 is 2.59 bits per heavy atom. The number of hydrogen-bond donors (Lipinski definition) is 2. The number of aliphatic hydroxyl groups excluding tert-OH is 1. The summed E-state index contributed by atoms with van der Waals surface area (Å²) in [5.74, 6) is 0. The number of benzene rings is 2. The van der Waals surface area contributed by atoms with Gasteiger partial charge in [0.2, 0.25) is 10.0 Å². The number of aliphatic hydroxyl groups is 1. The summed E-state index contributed by atoms with van der Waals surface area (Å²) in [5, 5.41) is 10.2. The quantitative estimate of drug-likeness (QED) is 0.912. The molecular formula is C17H19NO3S. The number of fused-ring (bicyclic) bond motifs is 1. The third-order valence-corrected chi connectivity index (χ3v) is 5.71. The minimum Gasteiger partial charge on any atom is -0.391 e. The van der Waals surface area contributed by atoms with Crippen LogP contribution in [-0.2, 0) is 16.4 Å². The summed E-state index contributed by atoms with van der Waals surface area (Å²) < 4.78 is 28.0. The van der Waals surface area contributed by atoms with Crippen LogP contribution < -0.4 is 4.72 Å². The SMILES string of the molecule is Cc1ccc(S(=O)(=O)NC2c3ccccc3CC2O)c(C)c1. The Morgan fingerprint density at radius 2 is 1.86 bits per heavy atom. The second kappa shape index (κ2) is 5.50. The van der Waals surface area contributed by atoms with Crippen LogP contribution in [0, 0.1) is 13.8 Å². The fourth-order valence-electron chi connectivity index (χ4n) is 3.05. The normalized spacial score (nSPS) is 20.9. The molecule has 0 amide bonds. The summed E-state index contributed by atoms with van der Waals surface area (Å²) >= 11 is 0. The fourth-order valence-corrected chi connectivity index (χ4v) is 4.52. The van der Waals surface area contributed by atoms with Crippen LogP contribution in [0.3, 0.4) is 0 Å². The molecule has 0 saturated carbocycles. The fraction of sp³-hybridized carbons (Fsp3) is 0.294. The van der Waals surface area contributed by atoms with Gasteiger partial charge in [0.1, 0.15) is 0 Å². The minimum absolute atomic E-state index is 0.259. The first-order chi connectivity index (χ1) is 10.4. The summed E-state index contributed by atoms with van der Waals surface area (Å²) in [6.45, 7) is 3.70. The molecule has 0 spiro atoms. The molecule has 0 aromatic heterocycles. The maximum Gasteiger partial charge on any atom is 0.241 e. The number of nitrogens with one attached hydrogen (secondary N) is 1.